The van der Waals surface area contributed by atoms with Crippen LogP contribution in [0.1, 0.15) is 61.6 Å². The minimum Gasteiger partial charge on any atom is -0.479 e. The highest BCUT2D eigenvalue weighted by molar-refractivity contribution is 5.93. The monoisotopic (exact) mass is 480 g/mol. The molecule has 1 aliphatic heterocycles. The van der Waals surface area contributed by atoms with Crippen LogP contribution in [0, 0.1) is 5.82 Å². The molecule has 0 atom stereocenters. The van der Waals surface area contributed by atoms with Crippen molar-refractivity contribution in [1.29, 1.82) is 0 Å². The van der Waals surface area contributed by atoms with E-state index in [9.17, 15) is 18.7 Å². The predicted molar refractivity (Wildman–Crippen MR) is 126 cm³/mol. The van der Waals surface area contributed by atoms with Crippen LogP contribution in [0.25, 0.3) is 27.8 Å². The van der Waals surface area contributed by atoms with E-state index in [0.717, 1.165) is 46.2 Å². The maximum atomic E-state index is 14.9. The van der Waals surface area contributed by atoms with Crippen molar-refractivity contribution < 1.29 is 23.4 Å². The Bertz CT molecular complexity index is 1400. The van der Waals surface area contributed by atoms with Gasteiger partial charge >= 0.3 is 5.97 Å². The van der Waals surface area contributed by atoms with E-state index in [4.69, 9.17) is 9.72 Å². The molecular weight excluding hydrogens is 454 g/mol. The number of nitrogens with one attached hydrogen (secondary N) is 1. The first kappa shape index (κ1) is 22.2. The summed E-state index contributed by atoms with van der Waals surface area (Å²) in [6, 6.07) is 8.46. The summed E-state index contributed by atoms with van der Waals surface area (Å²) in [6.45, 7) is 1.29. The maximum Gasteiger partial charge on any atom is 0.341 e. The molecule has 9 heteroatoms. The third kappa shape index (κ3) is 3.69. The number of alkyl halides is 1. The minimum absolute atomic E-state index is 0.0320. The number of rotatable bonds is 4. The summed E-state index contributed by atoms with van der Waals surface area (Å²) < 4.78 is 36.6. The number of ether oxygens (including phenoxy) is 1. The highest BCUT2D eigenvalue weighted by Crippen LogP contribution is 2.48. The average molecular weight is 481 g/mol. The predicted octanol–water partition coefficient (Wildman–Crippen LogP) is 5.39. The number of pyridine rings is 1. The fourth-order valence-electron chi connectivity index (χ4n) is 5.83. The number of hydrogen-bond acceptors (Lipinski definition) is 4. The molecule has 2 aliphatic rings. The van der Waals surface area contributed by atoms with E-state index < -0.39 is 11.6 Å². The van der Waals surface area contributed by atoms with Crippen molar-refractivity contribution in [2.24, 2.45) is 0 Å². The van der Waals surface area contributed by atoms with Crippen molar-refractivity contribution in [2.45, 2.75) is 56.0 Å². The van der Waals surface area contributed by atoms with Crippen molar-refractivity contribution >= 4 is 28.0 Å². The van der Waals surface area contributed by atoms with Crippen molar-refractivity contribution in [3.63, 3.8) is 0 Å². The molecule has 7 nitrogen and oxygen atoms in total. The summed E-state index contributed by atoms with van der Waals surface area (Å²) >= 11 is 0. The fraction of sp³-hybridized carbons (Fsp3) is 0.423. The lowest BCUT2D eigenvalue weighted by Crippen LogP contribution is -2.37. The first-order chi connectivity index (χ1) is 16.9. The van der Waals surface area contributed by atoms with Crippen LogP contribution in [0.3, 0.4) is 0 Å². The summed E-state index contributed by atoms with van der Waals surface area (Å²) in [5.74, 6) is -1.54. The molecule has 3 aromatic heterocycles. The number of carboxylic acid groups (broad SMARTS) is 1. The van der Waals surface area contributed by atoms with Gasteiger partial charge in [0.25, 0.3) is 0 Å². The van der Waals surface area contributed by atoms with Gasteiger partial charge < -0.3 is 14.4 Å². The standard InChI is InChI=1S/C26H26F2N4O3/c27-18-1-3-19(4-2-18)32-20-13-17-14-29-31-24(17)30-22(20)21(23(32)16-7-11-35-12-8-16)15-5-9-26(28,10-6-15)25(33)34/h1-4,13-16H,5-12H2,(H,33,34)(H,29,30,31)/t15-,26+. The van der Waals surface area contributed by atoms with E-state index in [1.165, 1.54) is 12.1 Å². The van der Waals surface area contributed by atoms with Crippen LogP contribution in [0.4, 0.5) is 8.78 Å². The quantitative estimate of drug-likeness (QED) is 0.409. The molecule has 1 saturated heterocycles. The molecule has 2 N–H and O–H groups in total. The molecule has 35 heavy (non-hydrogen) atoms. The van der Waals surface area contributed by atoms with E-state index in [1.54, 1.807) is 18.3 Å². The van der Waals surface area contributed by atoms with Crippen LogP contribution in [-0.2, 0) is 9.53 Å². The van der Waals surface area contributed by atoms with Crippen LogP contribution in [0.15, 0.2) is 36.5 Å². The van der Waals surface area contributed by atoms with Crippen LogP contribution >= 0.6 is 0 Å². The highest BCUT2D eigenvalue weighted by Gasteiger charge is 2.44. The van der Waals surface area contributed by atoms with Gasteiger partial charge in [-0.2, -0.15) is 5.10 Å². The van der Waals surface area contributed by atoms with Crippen molar-refractivity contribution in [3.8, 4) is 5.69 Å². The van der Waals surface area contributed by atoms with E-state index in [0.29, 0.717) is 31.7 Å². The van der Waals surface area contributed by atoms with Crippen molar-refractivity contribution in [3.05, 3.63) is 53.6 Å². The molecule has 0 amide bonds. The zero-order chi connectivity index (χ0) is 24.2. The van der Waals surface area contributed by atoms with E-state index >= 15 is 0 Å². The highest BCUT2D eigenvalue weighted by atomic mass is 19.1. The van der Waals surface area contributed by atoms with Gasteiger partial charge in [-0.3, -0.25) is 5.10 Å². The molecule has 1 aromatic carbocycles. The molecule has 0 bridgehead atoms. The Morgan fingerprint density at radius 2 is 1.83 bits per heavy atom. The molecule has 0 radical (unpaired) electrons. The molecule has 6 rings (SSSR count). The molecule has 2 fully saturated rings. The lowest BCUT2D eigenvalue weighted by molar-refractivity contribution is -0.153. The fourth-order valence-corrected chi connectivity index (χ4v) is 5.83. The number of benzene rings is 1. The summed E-state index contributed by atoms with van der Waals surface area (Å²) in [6.07, 6.45) is 4.17. The number of aromatic nitrogens is 4. The molecule has 4 heterocycles. The third-order valence-corrected chi connectivity index (χ3v) is 7.68. The van der Waals surface area contributed by atoms with E-state index in [1.807, 2.05) is 6.07 Å². The van der Waals surface area contributed by atoms with Crippen LogP contribution < -0.4 is 0 Å². The van der Waals surface area contributed by atoms with Gasteiger partial charge in [-0.15, -0.1) is 0 Å². The van der Waals surface area contributed by atoms with Gasteiger partial charge in [0, 0.05) is 41.5 Å². The summed E-state index contributed by atoms with van der Waals surface area (Å²) in [5.41, 5.74) is 3.13. The van der Waals surface area contributed by atoms with Crippen LogP contribution in [0.2, 0.25) is 0 Å². The number of hydrogen-bond donors (Lipinski definition) is 2. The Balaban J connectivity index is 1.60. The number of H-pyrrole nitrogens is 1. The number of carbonyl (C=O) groups is 1. The Morgan fingerprint density at radius 3 is 2.51 bits per heavy atom. The number of carboxylic acids is 1. The number of aliphatic carboxylic acids is 1. The Kier molecular flexibility index (Phi) is 5.32. The van der Waals surface area contributed by atoms with Gasteiger partial charge in [0.05, 0.1) is 17.2 Å². The van der Waals surface area contributed by atoms with Crippen LogP contribution in [0.5, 0.6) is 0 Å². The average Bonchev–Trinajstić information content (AvgIpc) is 3.46. The second-order valence-electron chi connectivity index (χ2n) is 9.71. The maximum absolute atomic E-state index is 14.9. The van der Waals surface area contributed by atoms with Gasteiger partial charge in [0.2, 0.25) is 5.67 Å². The lowest BCUT2D eigenvalue weighted by Gasteiger charge is -2.33. The summed E-state index contributed by atoms with van der Waals surface area (Å²) in [4.78, 5) is 16.5. The number of fused-ring (bicyclic) bond motifs is 2. The van der Waals surface area contributed by atoms with Gasteiger partial charge in [-0.25, -0.2) is 18.6 Å². The Hall–Kier alpha value is -3.33. The molecular formula is C26H26F2N4O3. The number of nitrogens with zero attached hydrogens (tertiary/aromatic N) is 3. The third-order valence-electron chi connectivity index (χ3n) is 7.68. The van der Waals surface area contributed by atoms with Crippen molar-refractivity contribution in [1.82, 2.24) is 19.7 Å². The van der Waals surface area contributed by atoms with E-state index in [-0.39, 0.29) is 30.5 Å². The largest absolute Gasteiger partial charge is 0.479 e. The molecule has 0 unspecified atom stereocenters. The van der Waals surface area contributed by atoms with Crippen molar-refractivity contribution in [2.75, 3.05) is 13.2 Å². The summed E-state index contributed by atoms with van der Waals surface area (Å²) in [7, 11) is 0. The Labute approximate surface area is 200 Å². The lowest BCUT2D eigenvalue weighted by atomic mass is 9.75. The smallest absolute Gasteiger partial charge is 0.341 e. The Morgan fingerprint density at radius 1 is 1.11 bits per heavy atom. The molecule has 4 aromatic rings. The van der Waals surface area contributed by atoms with Crippen LogP contribution in [-0.4, -0.2) is 49.7 Å². The molecule has 182 valence electrons. The first-order valence-corrected chi connectivity index (χ1v) is 12.1. The summed E-state index contributed by atoms with van der Waals surface area (Å²) in [5, 5.41) is 17.3. The number of aromatic amines is 1. The van der Waals surface area contributed by atoms with Gasteiger partial charge in [-0.05, 0) is 74.8 Å². The van der Waals surface area contributed by atoms with Gasteiger partial charge in [0.15, 0.2) is 5.65 Å². The molecule has 0 spiro atoms. The molecule has 1 aliphatic carbocycles. The molecule has 1 saturated carbocycles. The van der Waals surface area contributed by atoms with Gasteiger partial charge in [0.1, 0.15) is 5.82 Å². The first-order valence-electron chi connectivity index (χ1n) is 12.1. The SMILES string of the molecule is O=C(O)[C@]1(F)CC[C@@H](c2c(C3CCOCC3)n(-c3ccc(F)cc3)c3cc4cn[nH]c4nc32)CC1. The zero-order valence-corrected chi connectivity index (χ0v) is 19.1. The van der Waals surface area contributed by atoms with Gasteiger partial charge in [-0.1, -0.05) is 0 Å². The normalized spacial score (nSPS) is 23.8. The zero-order valence-electron chi connectivity index (χ0n) is 19.1. The topological polar surface area (TPSA) is 93.0 Å². The minimum atomic E-state index is -2.19. The number of halogens is 2. The second kappa shape index (κ2) is 8.41. The second-order valence-corrected chi connectivity index (χ2v) is 9.71. The van der Waals surface area contributed by atoms with E-state index in [2.05, 4.69) is 14.8 Å².